The van der Waals surface area contributed by atoms with Crippen LogP contribution in [0.15, 0.2) is 48.8 Å². The Hall–Kier alpha value is -1.92. The number of aryl methyl sites for hydroxylation is 1. The van der Waals surface area contributed by atoms with E-state index in [1.165, 1.54) is 12.5 Å². The first-order valence-corrected chi connectivity index (χ1v) is 7.17. The first kappa shape index (κ1) is 19.1. The quantitative estimate of drug-likeness (QED) is 0.611. The first-order valence-electron chi connectivity index (χ1n) is 7.17. The molecule has 0 aliphatic rings. The number of pyridine rings is 1. The number of aliphatic hydroxyl groups excluding tert-OH is 1. The van der Waals surface area contributed by atoms with Crippen molar-refractivity contribution in [2.75, 3.05) is 11.9 Å². The van der Waals surface area contributed by atoms with Crippen LogP contribution in [0.4, 0.5) is 5.69 Å². The second kappa shape index (κ2) is 9.27. The number of aliphatic hydroxyl groups is 1. The highest BCUT2D eigenvalue weighted by molar-refractivity contribution is 5.88. The Labute approximate surface area is 146 Å². The van der Waals surface area contributed by atoms with Gasteiger partial charge in [0.2, 0.25) is 5.91 Å². The SMILES string of the molecule is CC(=O)Nc1ccc(OCC(O)C[n+]2ccc(C)cc2)cc1.[Br-]. The summed E-state index contributed by atoms with van der Waals surface area (Å²) >= 11 is 0. The molecule has 2 rings (SSSR count). The Morgan fingerprint density at radius 3 is 2.39 bits per heavy atom. The zero-order valence-electron chi connectivity index (χ0n) is 13.2. The second-order valence-electron chi connectivity index (χ2n) is 5.24. The summed E-state index contributed by atoms with van der Waals surface area (Å²) in [6.45, 7) is 4.17. The predicted octanol–water partition coefficient (Wildman–Crippen LogP) is -1.32. The zero-order valence-corrected chi connectivity index (χ0v) is 14.8. The fourth-order valence-electron chi connectivity index (χ4n) is 1.98. The molecule has 0 saturated carbocycles. The minimum Gasteiger partial charge on any atom is -1.00 e. The van der Waals surface area contributed by atoms with Crippen molar-refractivity contribution >= 4 is 11.6 Å². The number of nitrogens with one attached hydrogen (secondary N) is 1. The van der Waals surface area contributed by atoms with Gasteiger partial charge in [0.25, 0.3) is 0 Å². The summed E-state index contributed by atoms with van der Waals surface area (Å²) < 4.78 is 7.47. The predicted molar refractivity (Wildman–Crippen MR) is 83.6 cm³/mol. The van der Waals surface area contributed by atoms with Gasteiger partial charge in [0.15, 0.2) is 18.9 Å². The summed E-state index contributed by atoms with van der Waals surface area (Å²) in [7, 11) is 0. The van der Waals surface area contributed by atoms with Crippen molar-refractivity contribution in [3.05, 3.63) is 54.4 Å². The molecule has 0 aliphatic heterocycles. The lowest BCUT2D eigenvalue weighted by atomic mass is 10.3. The third-order valence-corrected chi connectivity index (χ3v) is 3.10. The van der Waals surface area contributed by atoms with Crippen LogP contribution < -0.4 is 31.6 Å². The van der Waals surface area contributed by atoms with Crippen LogP contribution >= 0.6 is 0 Å². The van der Waals surface area contributed by atoms with E-state index >= 15 is 0 Å². The summed E-state index contributed by atoms with van der Waals surface area (Å²) in [6.07, 6.45) is 3.27. The van der Waals surface area contributed by atoms with Crippen LogP contribution in [-0.2, 0) is 11.3 Å². The highest BCUT2D eigenvalue weighted by Gasteiger charge is 2.11. The Morgan fingerprint density at radius 1 is 1.22 bits per heavy atom. The number of benzene rings is 1. The van der Waals surface area contributed by atoms with Gasteiger partial charge >= 0.3 is 0 Å². The fourth-order valence-corrected chi connectivity index (χ4v) is 1.98. The van der Waals surface area contributed by atoms with Gasteiger partial charge in [-0.2, -0.15) is 0 Å². The standard InChI is InChI=1S/C17H20N2O3.BrH/c1-13-7-9-19(10-8-13)11-16(21)12-22-17-5-3-15(4-6-17)18-14(2)20;/h3-10,16,21H,11-12H2,1-2H3;1H. The van der Waals surface area contributed by atoms with Crippen molar-refractivity contribution in [1.82, 2.24) is 0 Å². The number of hydrogen-bond donors (Lipinski definition) is 2. The van der Waals surface area contributed by atoms with E-state index in [4.69, 9.17) is 4.74 Å². The molecule has 1 aromatic carbocycles. The van der Waals surface area contributed by atoms with Gasteiger partial charge in [0, 0.05) is 24.7 Å². The maximum Gasteiger partial charge on any atom is 0.221 e. The zero-order chi connectivity index (χ0) is 15.9. The summed E-state index contributed by atoms with van der Waals surface area (Å²) in [5.74, 6) is 0.543. The number of carbonyl (C=O) groups excluding carboxylic acids is 1. The van der Waals surface area contributed by atoms with E-state index in [1.54, 1.807) is 24.3 Å². The van der Waals surface area contributed by atoms with Crippen molar-refractivity contribution in [3.8, 4) is 5.75 Å². The highest BCUT2D eigenvalue weighted by Crippen LogP contribution is 2.15. The molecule has 2 aromatic rings. The van der Waals surface area contributed by atoms with Crippen molar-refractivity contribution in [2.45, 2.75) is 26.5 Å². The number of halogens is 1. The van der Waals surface area contributed by atoms with Gasteiger partial charge in [-0.25, -0.2) is 4.57 Å². The second-order valence-corrected chi connectivity index (χ2v) is 5.24. The minimum atomic E-state index is -0.595. The van der Waals surface area contributed by atoms with Crippen molar-refractivity contribution in [1.29, 1.82) is 0 Å². The monoisotopic (exact) mass is 380 g/mol. The molecule has 124 valence electrons. The summed E-state index contributed by atoms with van der Waals surface area (Å²) in [4.78, 5) is 10.9. The largest absolute Gasteiger partial charge is 1.00 e. The molecule has 2 N–H and O–H groups in total. The Balaban J connectivity index is 0.00000264. The normalized spacial score (nSPS) is 11.3. The van der Waals surface area contributed by atoms with Crippen molar-refractivity contribution < 1.29 is 36.2 Å². The van der Waals surface area contributed by atoms with Crippen LogP contribution in [0.5, 0.6) is 5.75 Å². The molecule has 5 nitrogen and oxygen atoms in total. The van der Waals surface area contributed by atoms with Gasteiger partial charge in [-0.05, 0) is 36.8 Å². The molecule has 0 radical (unpaired) electrons. The summed E-state index contributed by atoms with van der Waals surface area (Å²) in [6, 6.07) is 11.0. The minimum absolute atomic E-state index is 0. The maximum atomic E-state index is 10.9. The summed E-state index contributed by atoms with van der Waals surface area (Å²) in [5, 5.41) is 12.7. The van der Waals surface area contributed by atoms with E-state index in [9.17, 15) is 9.90 Å². The lowest BCUT2D eigenvalue weighted by Crippen LogP contribution is -3.00. The lowest BCUT2D eigenvalue weighted by molar-refractivity contribution is -0.703. The number of nitrogens with zero attached hydrogens (tertiary/aromatic N) is 1. The molecule has 1 unspecified atom stereocenters. The first-order chi connectivity index (χ1) is 10.5. The molecule has 1 heterocycles. The number of aromatic nitrogens is 1. The van der Waals surface area contributed by atoms with Crippen LogP contribution in [0.25, 0.3) is 0 Å². The lowest BCUT2D eigenvalue weighted by Gasteiger charge is -2.10. The molecule has 0 fully saturated rings. The maximum absolute atomic E-state index is 10.9. The van der Waals surface area contributed by atoms with Gasteiger partial charge in [-0.1, -0.05) is 0 Å². The summed E-state index contributed by atoms with van der Waals surface area (Å²) in [5.41, 5.74) is 1.90. The third kappa shape index (κ3) is 6.80. The smallest absolute Gasteiger partial charge is 0.221 e. The Kier molecular flexibility index (Phi) is 7.71. The van der Waals surface area contributed by atoms with Gasteiger partial charge < -0.3 is 32.1 Å². The van der Waals surface area contributed by atoms with Gasteiger partial charge in [0.05, 0.1) is 0 Å². The molecular formula is C17H21BrN2O3. The van der Waals surface area contributed by atoms with E-state index in [0.717, 1.165) is 5.69 Å². The molecule has 0 aliphatic carbocycles. The van der Waals surface area contributed by atoms with Crippen molar-refractivity contribution in [3.63, 3.8) is 0 Å². The van der Waals surface area contributed by atoms with E-state index in [0.29, 0.717) is 12.3 Å². The molecule has 23 heavy (non-hydrogen) atoms. The Morgan fingerprint density at radius 2 is 1.83 bits per heavy atom. The average molecular weight is 381 g/mol. The highest BCUT2D eigenvalue weighted by atomic mass is 79.9. The Bertz CT molecular complexity index is 615. The molecule has 6 heteroatoms. The van der Waals surface area contributed by atoms with Crippen LogP contribution in [0.3, 0.4) is 0 Å². The number of carbonyl (C=O) groups is 1. The van der Waals surface area contributed by atoms with Crippen LogP contribution in [0.2, 0.25) is 0 Å². The van der Waals surface area contributed by atoms with Crippen LogP contribution in [0, 0.1) is 6.92 Å². The van der Waals surface area contributed by atoms with Gasteiger partial charge in [0.1, 0.15) is 18.5 Å². The molecular weight excluding hydrogens is 360 g/mol. The average Bonchev–Trinajstić information content (AvgIpc) is 2.48. The van der Waals surface area contributed by atoms with Crippen LogP contribution in [0.1, 0.15) is 12.5 Å². The number of ether oxygens (including phenoxy) is 1. The van der Waals surface area contributed by atoms with Gasteiger partial charge in [-0.15, -0.1) is 0 Å². The molecule has 1 amide bonds. The van der Waals surface area contributed by atoms with Gasteiger partial charge in [-0.3, -0.25) is 4.79 Å². The number of hydrogen-bond acceptors (Lipinski definition) is 3. The molecule has 0 saturated heterocycles. The molecule has 0 spiro atoms. The van der Waals surface area contributed by atoms with E-state index < -0.39 is 6.10 Å². The molecule has 1 aromatic heterocycles. The van der Waals surface area contributed by atoms with Crippen LogP contribution in [-0.4, -0.2) is 23.7 Å². The number of amides is 1. The number of anilines is 1. The third-order valence-electron chi connectivity index (χ3n) is 3.10. The fraction of sp³-hybridized carbons (Fsp3) is 0.294. The topological polar surface area (TPSA) is 62.4 Å². The van der Waals surface area contributed by atoms with Crippen molar-refractivity contribution in [2.24, 2.45) is 0 Å². The van der Waals surface area contributed by atoms with E-state index in [1.807, 2.05) is 36.0 Å². The van der Waals surface area contributed by atoms with E-state index in [2.05, 4.69) is 5.32 Å². The molecule has 1 atom stereocenters. The molecule has 0 bridgehead atoms. The van der Waals surface area contributed by atoms with E-state index in [-0.39, 0.29) is 29.5 Å². The number of rotatable bonds is 6.